The van der Waals surface area contributed by atoms with Gasteiger partial charge in [0.2, 0.25) is 5.66 Å². The van der Waals surface area contributed by atoms with E-state index in [1.807, 2.05) is 0 Å². The van der Waals surface area contributed by atoms with Crippen LogP contribution >= 0.6 is 0 Å². The Kier molecular flexibility index (Phi) is 2.13. The second-order valence-corrected chi connectivity index (χ2v) is 2.69. The van der Waals surface area contributed by atoms with E-state index in [9.17, 15) is 9.81 Å². The van der Waals surface area contributed by atoms with Crippen molar-refractivity contribution in [2.75, 3.05) is 19.6 Å². The molecule has 1 heterocycles. The molecule has 0 aromatic carbocycles. The third kappa shape index (κ3) is 1.35. The van der Waals surface area contributed by atoms with E-state index in [1.54, 1.807) is 6.92 Å². The first-order valence-corrected chi connectivity index (χ1v) is 3.39. The fourth-order valence-electron chi connectivity index (χ4n) is 1.05. The van der Waals surface area contributed by atoms with Gasteiger partial charge in [-0.1, -0.05) is 0 Å². The van der Waals surface area contributed by atoms with Crippen LogP contribution < -0.4 is 5.32 Å². The molecule has 1 atom stereocenters. The summed E-state index contributed by atoms with van der Waals surface area (Å²) >= 11 is 0. The zero-order valence-electron chi connectivity index (χ0n) is 6.28. The Balaban J connectivity index is 2.72. The van der Waals surface area contributed by atoms with Crippen LogP contribution in [0, 0.1) is 9.81 Å². The summed E-state index contributed by atoms with van der Waals surface area (Å²) in [5.74, 6) is 0. The zero-order valence-corrected chi connectivity index (χ0v) is 6.28. The highest BCUT2D eigenvalue weighted by Gasteiger charge is 2.36. The van der Waals surface area contributed by atoms with Gasteiger partial charge in [-0.25, -0.2) is 5.01 Å². The molecule has 1 saturated heterocycles. The Morgan fingerprint density at radius 2 is 2.27 bits per heavy atom. The molecule has 1 aliphatic heterocycles. The lowest BCUT2D eigenvalue weighted by molar-refractivity contribution is 0.0827. The molecule has 1 N–H and O–H groups in total. The molecule has 0 spiro atoms. The zero-order chi connectivity index (χ0) is 8.32. The lowest BCUT2D eigenvalue weighted by Gasteiger charge is -2.34. The van der Waals surface area contributed by atoms with E-state index in [-0.39, 0.29) is 0 Å². The van der Waals surface area contributed by atoms with Gasteiger partial charge in [-0.05, 0) is 12.1 Å². The fourth-order valence-corrected chi connectivity index (χ4v) is 1.05. The van der Waals surface area contributed by atoms with Gasteiger partial charge >= 0.3 is 0 Å². The molecule has 0 radical (unpaired) electrons. The average Bonchev–Trinajstić information content (AvgIpc) is 2.05. The van der Waals surface area contributed by atoms with Crippen LogP contribution in [0.4, 0.5) is 0 Å². The largest absolute Gasteiger partial charge is 0.311 e. The highest BCUT2D eigenvalue weighted by molar-refractivity contribution is 4.87. The van der Waals surface area contributed by atoms with Crippen LogP contribution in [0.2, 0.25) is 0 Å². The second-order valence-electron chi connectivity index (χ2n) is 2.69. The Bertz CT molecular complexity index is 174. The van der Waals surface area contributed by atoms with Crippen LogP contribution in [0.1, 0.15) is 6.92 Å². The number of nitrogens with one attached hydrogen (secondary N) is 1. The van der Waals surface area contributed by atoms with E-state index in [1.165, 1.54) is 0 Å². The number of hydrogen-bond acceptors (Lipinski definition) is 5. The topological polar surface area (TPSA) is 74.1 Å². The molecule has 0 aliphatic carbocycles. The molecule has 62 valence electrons. The fraction of sp³-hybridized carbons (Fsp3) is 1.00. The molecule has 11 heavy (non-hydrogen) atoms. The van der Waals surface area contributed by atoms with E-state index in [4.69, 9.17) is 0 Å². The van der Waals surface area contributed by atoms with E-state index in [0.29, 0.717) is 19.6 Å². The van der Waals surface area contributed by atoms with Crippen LogP contribution in [0.5, 0.6) is 0 Å². The smallest absolute Gasteiger partial charge is 0.201 e. The summed E-state index contributed by atoms with van der Waals surface area (Å²) < 4.78 is 0. The quantitative estimate of drug-likeness (QED) is 0.576. The van der Waals surface area contributed by atoms with Crippen molar-refractivity contribution in [3.8, 4) is 0 Å². The highest BCUT2D eigenvalue weighted by Crippen LogP contribution is 2.17. The molecule has 0 aromatic heterocycles. The summed E-state index contributed by atoms with van der Waals surface area (Å²) in [6.45, 7) is 3.05. The van der Waals surface area contributed by atoms with Crippen molar-refractivity contribution in [2.24, 2.45) is 10.5 Å². The van der Waals surface area contributed by atoms with Crippen LogP contribution in [0.3, 0.4) is 0 Å². The predicted molar refractivity (Wildman–Crippen MR) is 39.6 cm³/mol. The second kappa shape index (κ2) is 2.91. The molecule has 1 rings (SSSR count). The predicted octanol–water partition coefficient (Wildman–Crippen LogP) is 0.0556. The summed E-state index contributed by atoms with van der Waals surface area (Å²) in [4.78, 5) is 20.5. The first-order chi connectivity index (χ1) is 5.23. The van der Waals surface area contributed by atoms with Gasteiger partial charge in [-0.2, -0.15) is 0 Å². The standard InChI is InChI=1S/C5H10N4O2/c1-5(7-10)4-6-2-3-9(5)8-11/h6H,2-4H2,1H3. The van der Waals surface area contributed by atoms with Gasteiger partial charge < -0.3 is 5.32 Å². The van der Waals surface area contributed by atoms with Crippen LogP contribution in [0.15, 0.2) is 10.5 Å². The number of nitrogens with zero attached hydrogens (tertiary/aromatic N) is 3. The molecule has 1 aliphatic rings. The Labute approximate surface area is 63.9 Å². The minimum absolute atomic E-state index is 0.377. The van der Waals surface area contributed by atoms with Gasteiger partial charge in [0.05, 0.1) is 11.8 Å². The first kappa shape index (κ1) is 8.06. The lowest BCUT2D eigenvalue weighted by Crippen LogP contribution is -2.55. The third-order valence-corrected chi connectivity index (χ3v) is 1.81. The molecule has 1 fully saturated rings. The van der Waals surface area contributed by atoms with Crippen molar-refractivity contribution in [3.05, 3.63) is 9.81 Å². The third-order valence-electron chi connectivity index (χ3n) is 1.81. The van der Waals surface area contributed by atoms with Crippen LogP contribution in [-0.2, 0) is 0 Å². The van der Waals surface area contributed by atoms with E-state index in [2.05, 4.69) is 15.8 Å². The van der Waals surface area contributed by atoms with E-state index < -0.39 is 5.66 Å². The summed E-state index contributed by atoms with van der Waals surface area (Å²) in [5, 5.41) is 9.69. The van der Waals surface area contributed by atoms with E-state index in [0.717, 1.165) is 5.01 Å². The number of nitroso groups, excluding NO2 is 2. The normalized spacial score (nSPS) is 31.5. The lowest BCUT2D eigenvalue weighted by atomic mass is 10.1. The van der Waals surface area contributed by atoms with Crippen LogP contribution in [0.25, 0.3) is 0 Å². The van der Waals surface area contributed by atoms with Crippen molar-refractivity contribution in [2.45, 2.75) is 12.6 Å². The van der Waals surface area contributed by atoms with Crippen molar-refractivity contribution in [3.63, 3.8) is 0 Å². The molecule has 0 saturated carbocycles. The number of rotatable bonds is 2. The number of hydrogen-bond donors (Lipinski definition) is 1. The Morgan fingerprint density at radius 1 is 1.55 bits per heavy atom. The average molecular weight is 158 g/mol. The van der Waals surface area contributed by atoms with E-state index >= 15 is 0 Å². The van der Waals surface area contributed by atoms with Crippen molar-refractivity contribution in [1.82, 2.24) is 10.3 Å². The Hall–Kier alpha value is -1.04. The minimum atomic E-state index is -1.00. The molecule has 0 bridgehead atoms. The van der Waals surface area contributed by atoms with Gasteiger partial charge in [0.25, 0.3) is 0 Å². The minimum Gasteiger partial charge on any atom is -0.311 e. The molecule has 6 nitrogen and oxygen atoms in total. The molecule has 1 unspecified atom stereocenters. The summed E-state index contributed by atoms with van der Waals surface area (Å²) in [5.41, 5.74) is -1.00. The highest BCUT2D eigenvalue weighted by atomic mass is 16.3. The van der Waals surface area contributed by atoms with Gasteiger partial charge in [0.1, 0.15) is 0 Å². The van der Waals surface area contributed by atoms with Crippen molar-refractivity contribution < 1.29 is 0 Å². The van der Waals surface area contributed by atoms with Crippen molar-refractivity contribution >= 4 is 0 Å². The van der Waals surface area contributed by atoms with Gasteiger partial charge in [-0.15, -0.1) is 9.81 Å². The summed E-state index contributed by atoms with van der Waals surface area (Å²) in [6, 6.07) is 0. The van der Waals surface area contributed by atoms with Gasteiger partial charge in [0.15, 0.2) is 0 Å². The molecule has 6 heteroatoms. The SMILES string of the molecule is CC1(N=O)CNCCN1N=O. The molecular weight excluding hydrogens is 148 g/mol. The molecule has 0 amide bonds. The molecule has 0 aromatic rings. The monoisotopic (exact) mass is 158 g/mol. The maximum absolute atomic E-state index is 10.3. The Morgan fingerprint density at radius 3 is 2.73 bits per heavy atom. The maximum atomic E-state index is 10.3. The van der Waals surface area contributed by atoms with Gasteiger partial charge in [0, 0.05) is 13.1 Å². The first-order valence-electron chi connectivity index (χ1n) is 3.39. The van der Waals surface area contributed by atoms with Gasteiger partial charge in [-0.3, -0.25) is 0 Å². The summed E-state index contributed by atoms with van der Waals surface area (Å²) in [7, 11) is 0. The van der Waals surface area contributed by atoms with Crippen molar-refractivity contribution in [1.29, 1.82) is 0 Å². The number of piperazine rings is 1. The van der Waals surface area contributed by atoms with Crippen LogP contribution in [-0.4, -0.2) is 30.3 Å². The maximum Gasteiger partial charge on any atom is 0.201 e. The molecular formula is C5H10N4O2. The summed E-state index contributed by atoms with van der Waals surface area (Å²) in [6.07, 6.45) is 0.